The lowest BCUT2D eigenvalue weighted by molar-refractivity contribution is 0.338. The van der Waals surface area contributed by atoms with Crippen molar-refractivity contribution in [2.45, 2.75) is 44.9 Å². The summed E-state index contributed by atoms with van der Waals surface area (Å²) in [5.41, 5.74) is 1.59. The van der Waals surface area contributed by atoms with Crippen molar-refractivity contribution in [3.05, 3.63) is 17.7 Å². The molecule has 0 radical (unpaired) electrons. The number of hydrogen-bond donors (Lipinski definition) is 1. The lowest BCUT2D eigenvalue weighted by Gasteiger charge is -2.20. The summed E-state index contributed by atoms with van der Waals surface area (Å²) < 4.78 is 0. The Balaban J connectivity index is 1.85. The molecule has 1 aromatic rings. The number of rotatable bonds is 3. The van der Waals surface area contributed by atoms with Crippen LogP contribution >= 0.6 is 0 Å². The van der Waals surface area contributed by atoms with Crippen LogP contribution in [0.5, 0.6) is 0 Å². The molecule has 3 heteroatoms. The van der Waals surface area contributed by atoms with Crippen molar-refractivity contribution in [1.29, 1.82) is 5.26 Å². The molecule has 1 aliphatic carbocycles. The van der Waals surface area contributed by atoms with Gasteiger partial charge in [0.15, 0.2) is 5.69 Å². The number of nitrogens with one attached hydrogen (secondary N) is 1. The van der Waals surface area contributed by atoms with E-state index in [1.807, 2.05) is 0 Å². The highest BCUT2D eigenvalue weighted by atomic mass is 14.9. The normalized spacial score (nSPS) is 17.5. The van der Waals surface area contributed by atoms with E-state index >= 15 is 0 Å². The predicted molar refractivity (Wildman–Crippen MR) is 58.2 cm³/mol. The Labute approximate surface area is 90.5 Å². The fourth-order valence-corrected chi connectivity index (χ4v) is 2.43. The predicted octanol–water partition coefficient (Wildman–Crippen LogP) is 2.79. The van der Waals surface area contributed by atoms with Crippen LogP contribution in [0.3, 0.4) is 0 Å². The highest BCUT2D eigenvalue weighted by Gasteiger charge is 2.14. The second-order valence-electron chi connectivity index (χ2n) is 4.38. The Morgan fingerprint density at radius 2 is 2.20 bits per heavy atom. The van der Waals surface area contributed by atoms with Gasteiger partial charge < -0.3 is 4.98 Å². The Morgan fingerprint density at radius 1 is 1.40 bits per heavy atom. The zero-order valence-corrected chi connectivity index (χ0v) is 9.00. The molecule has 0 atom stereocenters. The van der Waals surface area contributed by atoms with Crippen molar-refractivity contribution in [2.24, 2.45) is 5.92 Å². The van der Waals surface area contributed by atoms with Gasteiger partial charge in [-0.1, -0.05) is 32.1 Å². The topological polar surface area (TPSA) is 52.5 Å². The maximum atomic E-state index is 8.81. The summed E-state index contributed by atoms with van der Waals surface area (Å²) in [4.78, 5) is 7.04. The minimum absolute atomic E-state index is 0.575. The number of aromatic nitrogens is 2. The van der Waals surface area contributed by atoms with Crippen LogP contribution in [0.2, 0.25) is 0 Å². The average Bonchev–Trinajstić information content (AvgIpc) is 2.75. The second-order valence-corrected chi connectivity index (χ2v) is 4.38. The van der Waals surface area contributed by atoms with E-state index in [1.165, 1.54) is 38.5 Å². The Bertz CT molecular complexity index is 342. The molecule has 0 aromatic carbocycles. The van der Waals surface area contributed by atoms with Gasteiger partial charge in [-0.3, -0.25) is 0 Å². The molecule has 0 unspecified atom stereocenters. The van der Waals surface area contributed by atoms with E-state index in [1.54, 1.807) is 6.33 Å². The van der Waals surface area contributed by atoms with Gasteiger partial charge in [0.05, 0.1) is 12.0 Å². The van der Waals surface area contributed by atoms with Crippen LogP contribution in [0.1, 0.15) is 49.9 Å². The highest BCUT2D eigenvalue weighted by Crippen LogP contribution is 2.27. The maximum absolute atomic E-state index is 8.81. The lowest BCUT2D eigenvalue weighted by atomic mass is 9.86. The van der Waals surface area contributed by atoms with Crippen LogP contribution < -0.4 is 0 Å². The van der Waals surface area contributed by atoms with Gasteiger partial charge in [-0.25, -0.2) is 4.98 Å². The SMILES string of the molecule is N#Cc1nc[nH]c1CCC1CCCCC1. The van der Waals surface area contributed by atoms with E-state index in [4.69, 9.17) is 5.26 Å². The largest absolute Gasteiger partial charge is 0.347 e. The Morgan fingerprint density at radius 3 is 2.93 bits per heavy atom. The molecule has 3 nitrogen and oxygen atoms in total. The molecule has 15 heavy (non-hydrogen) atoms. The first-order valence-corrected chi connectivity index (χ1v) is 5.82. The highest BCUT2D eigenvalue weighted by molar-refractivity contribution is 5.25. The first-order chi connectivity index (χ1) is 7.40. The molecule has 1 aliphatic rings. The van der Waals surface area contributed by atoms with Crippen molar-refractivity contribution >= 4 is 0 Å². The van der Waals surface area contributed by atoms with Crippen LogP contribution in [0.4, 0.5) is 0 Å². The minimum atomic E-state index is 0.575. The van der Waals surface area contributed by atoms with Gasteiger partial charge >= 0.3 is 0 Å². The molecule has 0 saturated heterocycles. The number of H-pyrrole nitrogens is 1. The Kier molecular flexibility index (Phi) is 3.39. The first kappa shape index (κ1) is 10.2. The fourth-order valence-electron chi connectivity index (χ4n) is 2.43. The molecular formula is C12H17N3. The zero-order chi connectivity index (χ0) is 10.5. The van der Waals surface area contributed by atoms with E-state index in [-0.39, 0.29) is 0 Å². The molecule has 2 rings (SSSR count). The quantitative estimate of drug-likeness (QED) is 0.821. The van der Waals surface area contributed by atoms with Gasteiger partial charge in [-0.2, -0.15) is 5.26 Å². The van der Waals surface area contributed by atoms with Gasteiger partial charge in [0.1, 0.15) is 6.07 Å². The van der Waals surface area contributed by atoms with Crippen LogP contribution in [0.15, 0.2) is 6.33 Å². The van der Waals surface area contributed by atoms with E-state index in [0.717, 1.165) is 18.0 Å². The van der Waals surface area contributed by atoms with E-state index in [9.17, 15) is 0 Å². The molecule has 0 spiro atoms. The van der Waals surface area contributed by atoms with Crippen LogP contribution in [-0.2, 0) is 6.42 Å². The summed E-state index contributed by atoms with van der Waals surface area (Å²) in [6.07, 6.45) is 10.7. The number of imidazole rings is 1. The van der Waals surface area contributed by atoms with Gasteiger partial charge in [0.2, 0.25) is 0 Å². The summed E-state index contributed by atoms with van der Waals surface area (Å²) in [5, 5.41) is 8.81. The summed E-state index contributed by atoms with van der Waals surface area (Å²) >= 11 is 0. The van der Waals surface area contributed by atoms with E-state index < -0.39 is 0 Å². The number of hydrogen-bond acceptors (Lipinski definition) is 2. The van der Waals surface area contributed by atoms with E-state index in [0.29, 0.717) is 5.69 Å². The Hall–Kier alpha value is -1.30. The molecule has 0 amide bonds. The van der Waals surface area contributed by atoms with Crippen molar-refractivity contribution in [2.75, 3.05) is 0 Å². The van der Waals surface area contributed by atoms with Gasteiger partial charge in [-0.15, -0.1) is 0 Å². The van der Waals surface area contributed by atoms with Gasteiger partial charge in [0, 0.05) is 0 Å². The van der Waals surface area contributed by atoms with Crippen molar-refractivity contribution in [3.63, 3.8) is 0 Å². The summed E-state index contributed by atoms with van der Waals surface area (Å²) in [5.74, 6) is 0.869. The third-order valence-corrected chi connectivity index (χ3v) is 3.35. The van der Waals surface area contributed by atoms with Crippen LogP contribution in [0, 0.1) is 17.2 Å². The van der Waals surface area contributed by atoms with Crippen LogP contribution in [0.25, 0.3) is 0 Å². The maximum Gasteiger partial charge on any atom is 0.161 e. The van der Waals surface area contributed by atoms with Crippen molar-refractivity contribution in [3.8, 4) is 6.07 Å². The third kappa shape index (κ3) is 2.59. The molecule has 1 fully saturated rings. The molecule has 0 bridgehead atoms. The summed E-state index contributed by atoms with van der Waals surface area (Å²) in [6, 6.07) is 2.12. The molecular weight excluding hydrogens is 186 g/mol. The third-order valence-electron chi connectivity index (χ3n) is 3.35. The molecule has 1 aromatic heterocycles. The van der Waals surface area contributed by atoms with Gasteiger partial charge in [-0.05, 0) is 18.8 Å². The molecule has 1 N–H and O–H groups in total. The van der Waals surface area contributed by atoms with Crippen LogP contribution in [-0.4, -0.2) is 9.97 Å². The van der Waals surface area contributed by atoms with Crippen molar-refractivity contribution in [1.82, 2.24) is 9.97 Å². The molecule has 1 saturated carbocycles. The smallest absolute Gasteiger partial charge is 0.161 e. The summed E-state index contributed by atoms with van der Waals surface area (Å²) in [6.45, 7) is 0. The monoisotopic (exact) mass is 203 g/mol. The van der Waals surface area contributed by atoms with Crippen molar-refractivity contribution < 1.29 is 0 Å². The first-order valence-electron chi connectivity index (χ1n) is 5.82. The van der Waals surface area contributed by atoms with Gasteiger partial charge in [0.25, 0.3) is 0 Å². The number of nitriles is 1. The molecule has 80 valence electrons. The standard InChI is InChI=1S/C12H17N3/c13-8-12-11(14-9-15-12)7-6-10-4-2-1-3-5-10/h9-10H,1-7H2,(H,14,15). The summed E-state index contributed by atoms with van der Waals surface area (Å²) in [7, 11) is 0. The fraction of sp³-hybridized carbons (Fsp3) is 0.667. The van der Waals surface area contributed by atoms with E-state index in [2.05, 4.69) is 16.0 Å². The average molecular weight is 203 g/mol. The number of aryl methyl sites for hydroxylation is 1. The number of nitrogens with zero attached hydrogens (tertiary/aromatic N) is 2. The number of aromatic amines is 1. The molecule has 0 aliphatic heterocycles. The molecule has 1 heterocycles. The minimum Gasteiger partial charge on any atom is -0.347 e. The lowest BCUT2D eigenvalue weighted by Crippen LogP contribution is -2.07. The second kappa shape index (κ2) is 4.97. The zero-order valence-electron chi connectivity index (χ0n) is 9.00.